The number of alkyl halides is 1. The third-order valence-electron chi connectivity index (χ3n) is 1.88. The summed E-state index contributed by atoms with van der Waals surface area (Å²) in [6.07, 6.45) is -0.742. The third-order valence-corrected chi connectivity index (χ3v) is 4.24. The third kappa shape index (κ3) is 2.87. The van der Waals surface area contributed by atoms with Crippen molar-refractivity contribution < 1.29 is 5.11 Å². The van der Waals surface area contributed by atoms with Crippen molar-refractivity contribution in [2.75, 3.05) is 5.88 Å². The monoisotopic (exact) mass is 268 g/mol. The van der Waals surface area contributed by atoms with Crippen LogP contribution in [0.3, 0.4) is 0 Å². The first-order valence-electron chi connectivity index (χ1n) is 4.69. The van der Waals surface area contributed by atoms with E-state index in [1.165, 1.54) is 9.75 Å². The first-order chi connectivity index (χ1) is 7.79. The number of aliphatic hydroxyl groups excluding tert-OH is 1. The molecule has 1 unspecified atom stereocenters. The van der Waals surface area contributed by atoms with Gasteiger partial charge in [0.15, 0.2) is 0 Å². The molecule has 0 amide bonds. The molecule has 1 atom stereocenters. The molecule has 2 heterocycles. The molecule has 0 saturated carbocycles. The van der Waals surface area contributed by atoms with E-state index in [0.717, 1.165) is 4.88 Å². The van der Waals surface area contributed by atoms with Crippen LogP contribution in [0.1, 0.15) is 4.88 Å². The van der Waals surface area contributed by atoms with Crippen LogP contribution in [-0.2, 0) is 0 Å². The zero-order valence-corrected chi connectivity index (χ0v) is 10.7. The van der Waals surface area contributed by atoms with Crippen molar-refractivity contribution in [1.29, 1.82) is 0 Å². The Hall–Kier alpha value is -0.790. The summed E-state index contributed by atoms with van der Waals surface area (Å²) >= 11 is 8.79. The van der Waals surface area contributed by atoms with Crippen LogP contribution in [0.2, 0.25) is 0 Å². The average Bonchev–Trinajstić information content (AvgIpc) is 2.95. The van der Waals surface area contributed by atoms with Crippen LogP contribution in [0, 0.1) is 11.8 Å². The van der Waals surface area contributed by atoms with Crippen LogP contribution in [0.25, 0.3) is 9.75 Å². The zero-order valence-electron chi connectivity index (χ0n) is 8.31. The minimum absolute atomic E-state index is 0.149. The van der Waals surface area contributed by atoms with Gasteiger partial charge in [-0.1, -0.05) is 17.9 Å². The topological polar surface area (TPSA) is 20.2 Å². The molecule has 2 rings (SSSR count). The fourth-order valence-electron chi connectivity index (χ4n) is 1.15. The van der Waals surface area contributed by atoms with Gasteiger partial charge < -0.3 is 5.11 Å². The Balaban J connectivity index is 2.16. The molecule has 0 radical (unpaired) electrons. The van der Waals surface area contributed by atoms with Crippen molar-refractivity contribution in [1.82, 2.24) is 0 Å². The summed E-state index contributed by atoms with van der Waals surface area (Å²) < 4.78 is 0. The Morgan fingerprint density at radius 3 is 2.88 bits per heavy atom. The maximum Gasteiger partial charge on any atom is 0.128 e. The summed E-state index contributed by atoms with van der Waals surface area (Å²) in [6, 6.07) is 8.13. The Labute approximate surface area is 107 Å². The van der Waals surface area contributed by atoms with E-state index in [0.29, 0.717) is 0 Å². The predicted molar refractivity (Wildman–Crippen MR) is 71.2 cm³/mol. The molecule has 0 aliphatic heterocycles. The van der Waals surface area contributed by atoms with Crippen LogP contribution < -0.4 is 0 Å². The molecule has 0 spiro atoms. The van der Waals surface area contributed by atoms with Gasteiger partial charge in [0, 0.05) is 9.75 Å². The number of rotatable bonds is 2. The van der Waals surface area contributed by atoms with Crippen LogP contribution in [0.15, 0.2) is 29.6 Å². The lowest BCUT2D eigenvalue weighted by molar-refractivity contribution is 0.256. The fraction of sp³-hybridized carbons (Fsp3) is 0.167. The van der Waals surface area contributed by atoms with E-state index < -0.39 is 6.10 Å². The van der Waals surface area contributed by atoms with Gasteiger partial charge >= 0.3 is 0 Å². The molecular weight excluding hydrogens is 260 g/mol. The van der Waals surface area contributed by atoms with Crippen molar-refractivity contribution in [2.45, 2.75) is 6.10 Å². The van der Waals surface area contributed by atoms with Crippen molar-refractivity contribution >= 4 is 34.3 Å². The van der Waals surface area contributed by atoms with Crippen molar-refractivity contribution in [2.24, 2.45) is 0 Å². The molecule has 4 heteroatoms. The molecule has 1 nitrogen and oxygen atoms in total. The van der Waals surface area contributed by atoms with Gasteiger partial charge in [-0.3, -0.25) is 0 Å². The largest absolute Gasteiger partial charge is 0.379 e. The summed E-state index contributed by atoms with van der Waals surface area (Å²) in [6.45, 7) is 0. The highest BCUT2D eigenvalue weighted by Gasteiger charge is 2.02. The molecule has 82 valence electrons. The molecular formula is C12H9ClOS2. The van der Waals surface area contributed by atoms with E-state index in [1.807, 2.05) is 18.2 Å². The molecule has 0 fully saturated rings. The SMILES string of the molecule is OC(C#Cc1ccc(-c2cccs2)s1)CCl. The van der Waals surface area contributed by atoms with Gasteiger partial charge in [0.2, 0.25) is 0 Å². The molecule has 0 bridgehead atoms. The van der Waals surface area contributed by atoms with E-state index >= 15 is 0 Å². The molecule has 0 aliphatic carbocycles. The van der Waals surface area contributed by atoms with E-state index in [4.69, 9.17) is 11.6 Å². The van der Waals surface area contributed by atoms with Crippen molar-refractivity contribution in [3.63, 3.8) is 0 Å². The Morgan fingerprint density at radius 2 is 2.19 bits per heavy atom. The van der Waals surface area contributed by atoms with Gasteiger partial charge in [0.05, 0.1) is 10.8 Å². The van der Waals surface area contributed by atoms with Crippen molar-refractivity contribution in [3.8, 4) is 21.6 Å². The zero-order chi connectivity index (χ0) is 11.4. The number of thiophene rings is 2. The molecule has 2 aromatic rings. The Kier molecular flexibility index (Phi) is 4.03. The van der Waals surface area contributed by atoms with E-state index in [9.17, 15) is 5.11 Å². The molecule has 2 aromatic heterocycles. The lowest BCUT2D eigenvalue weighted by Gasteiger charge is -1.91. The van der Waals surface area contributed by atoms with Gasteiger partial charge in [0.25, 0.3) is 0 Å². The second-order valence-electron chi connectivity index (χ2n) is 3.08. The summed E-state index contributed by atoms with van der Waals surface area (Å²) in [5, 5.41) is 11.3. The molecule has 16 heavy (non-hydrogen) atoms. The van der Waals surface area contributed by atoms with Gasteiger partial charge in [-0.15, -0.1) is 34.3 Å². The second-order valence-corrected chi connectivity index (χ2v) is 5.42. The highest BCUT2D eigenvalue weighted by atomic mass is 35.5. The number of halogens is 1. The van der Waals surface area contributed by atoms with Crippen LogP contribution >= 0.6 is 34.3 Å². The fourth-order valence-corrected chi connectivity index (χ4v) is 2.93. The van der Waals surface area contributed by atoms with Gasteiger partial charge in [0.1, 0.15) is 6.10 Å². The van der Waals surface area contributed by atoms with Gasteiger partial charge in [-0.25, -0.2) is 0 Å². The van der Waals surface area contributed by atoms with E-state index in [2.05, 4.69) is 23.3 Å². The van der Waals surface area contributed by atoms with Gasteiger partial charge in [-0.2, -0.15) is 0 Å². The van der Waals surface area contributed by atoms with E-state index in [1.54, 1.807) is 22.7 Å². The standard InChI is InChI=1S/C12H9ClOS2/c13-8-9(14)3-4-10-5-6-12(16-10)11-2-1-7-15-11/h1-2,5-7,9,14H,8H2. The minimum Gasteiger partial charge on any atom is -0.379 e. The number of hydrogen-bond acceptors (Lipinski definition) is 3. The number of hydrogen-bond donors (Lipinski definition) is 1. The maximum atomic E-state index is 9.21. The van der Waals surface area contributed by atoms with Gasteiger partial charge in [-0.05, 0) is 23.6 Å². The smallest absolute Gasteiger partial charge is 0.128 e. The second kappa shape index (κ2) is 5.51. The number of aliphatic hydroxyl groups is 1. The average molecular weight is 269 g/mol. The minimum atomic E-state index is -0.742. The summed E-state index contributed by atoms with van der Waals surface area (Å²) in [5.74, 6) is 5.76. The predicted octanol–water partition coefficient (Wildman–Crippen LogP) is 3.43. The maximum absolute atomic E-state index is 9.21. The molecule has 1 N–H and O–H groups in total. The van der Waals surface area contributed by atoms with E-state index in [-0.39, 0.29) is 5.88 Å². The first kappa shape index (κ1) is 11.7. The lowest BCUT2D eigenvalue weighted by Crippen LogP contribution is -2.03. The Morgan fingerprint density at radius 1 is 1.31 bits per heavy atom. The summed E-state index contributed by atoms with van der Waals surface area (Å²) in [4.78, 5) is 3.41. The molecule has 0 aliphatic rings. The molecule has 0 aromatic carbocycles. The van der Waals surface area contributed by atoms with Crippen LogP contribution in [0.5, 0.6) is 0 Å². The van der Waals surface area contributed by atoms with Crippen LogP contribution in [-0.4, -0.2) is 17.1 Å². The quantitative estimate of drug-likeness (QED) is 0.654. The van der Waals surface area contributed by atoms with Crippen molar-refractivity contribution in [3.05, 3.63) is 34.5 Å². The summed E-state index contributed by atoms with van der Waals surface area (Å²) in [7, 11) is 0. The highest BCUT2D eigenvalue weighted by Crippen LogP contribution is 2.30. The lowest BCUT2D eigenvalue weighted by atomic mass is 10.3. The first-order valence-corrected chi connectivity index (χ1v) is 6.92. The highest BCUT2D eigenvalue weighted by molar-refractivity contribution is 7.21. The normalized spacial score (nSPS) is 11.9. The molecule has 0 saturated heterocycles. The Bertz CT molecular complexity index is 505. The summed E-state index contributed by atoms with van der Waals surface area (Å²) in [5.41, 5.74) is 0. The van der Waals surface area contributed by atoms with Crippen LogP contribution in [0.4, 0.5) is 0 Å².